The van der Waals surface area contributed by atoms with Gasteiger partial charge in [-0.05, 0) is 29.7 Å². The average molecular weight is 422 g/mol. The molecular formula is C24H23NO4S. The smallest absolute Gasteiger partial charge is 0.339 e. The Morgan fingerprint density at radius 3 is 2.17 bits per heavy atom. The molecule has 2 atom stereocenters. The standard InChI is InChI=1S/C24H23NO4S/c1-30(28)22-15-9-8-14-20(22)24(27)29-17-23(26)25-21(19-12-6-3-7-13-19)16-18-10-4-2-5-11-18/h2-15,21H,16-17H2,1H3,(H,25,26)/t21-,30-/m0/s1. The second kappa shape index (κ2) is 10.5. The van der Waals surface area contributed by atoms with E-state index in [0.717, 1.165) is 11.1 Å². The molecule has 30 heavy (non-hydrogen) atoms. The van der Waals surface area contributed by atoms with Crippen LogP contribution in [-0.2, 0) is 26.8 Å². The number of amides is 1. The van der Waals surface area contributed by atoms with E-state index in [0.29, 0.717) is 11.3 Å². The van der Waals surface area contributed by atoms with Crippen molar-refractivity contribution in [1.82, 2.24) is 5.32 Å². The predicted molar refractivity (Wildman–Crippen MR) is 117 cm³/mol. The number of benzene rings is 3. The zero-order valence-corrected chi connectivity index (χ0v) is 17.4. The Bertz CT molecular complexity index is 1020. The maximum Gasteiger partial charge on any atom is 0.339 e. The van der Waals surface area contributed by atoms with Crippen LogP contribution in [0.25, 0.3) is 0 Å². The fourth-order valence-electron chi connectivity index (χ4n) is 3.12. The SMILES string of the molecule is C[S@](=O)c1ccccc1C(=O)OCC(=O)N[C@@H](Cc1ccccc1)c1ccccc1. The molecule has 154 valence electrons. The van der Waals surface area contributed by atoms with Crippen molar-refractivity contribution in [3.8, 4) is 0 Å². The minimum atomic E-state index is -1.33. The first-order chi connectivity index (χ1) is 14.5. The van der Waals surface area contributed by atoms with Gasteiger partial charge < -0.3 is 10.1 Å². The lowest BCUT2D eigenvalue weighted by Crippen LogP contribution is -2.33. The lowest BCUT2D eigenvalue weighted by Gasteiger charge is -2.19. The molecule has 1 N–H and O–H groups in total. The summed E-state index contributed by atoms with van der Waals surface area (Å²) in [5, 5.41) is 2.95. The monoisotopic (exact) mass is 421 g/mol. The van der Waals surface area contributed by atoms with Gasteiger partial charge in [-0.15, -0.1) is 0 Å². The third kappa shape index (κ3) is 5.87. The molecule has 0 saturated carbocycles. The number of hydrogen-bond donors (Lipinski definition) is 1. The average Bonchev–Trinajstić information content (AvgIpc) is 2.78. The molecule has 0 unspecified atom stereocenters. The molecule has 0 fully saturated rings. The molecule has 6 heteroatoms. The minimum absolute atomic E-state index is 0.204. The van der Waals surface area contributed by atoms with E-state index in [1.54, 1.807) is 24.3 Å². The first-order valence-electron chi connectivity index (χ1n) is 9.52. The molecular weight excluding hydrogens is 398 g/mol. The van der Waals surface area contributed by atoms with Gasteiger partial charge in [0.25, 0.3) is 5.91 Å². The largest absolute Gasteiger partial charge is 0.452 e. The Hall–Kier alpha value is -3.25. The normalized spacial score (nSPS) is 12.6. The van der Waals surface area contributed by atoms with Gasteiger partial charge in [-0.1, -0.05) is 72.8 Å². The summed E-state index contributed by atoms with van der Waals surface area (Å²) in [4.78, 5) is 25.3. The van der Waals surface area contributed by atoms with E-state index in [1.165, 1.54) is 6.26 Å². The maximum atomic E-state index is 12.5. The lowest BCUT2D eigenvalue weighted by molar-refractivity contribution is -0.125. The zero-order chi connectivity index (χ0) is 21.3. The fraction of sp³-hybridized carbons (Fsp3) is 0.167. The topological polar surface area (TPSA) is 72.5 Å². The van der Waals surface area contributed by atoms with E-state index >= 15 is 0 Å². The van der Waals surface area contributed by atoms with Crippen molar-refractivity contribution >= 4 is 22.7 Å². The van der Waals surface area contributed by atoms with Gasteiger partial charge in [-0.25, -0.2) is 4.79 Å². The van der Waals surface area contributed by atoms with Gasteiger partial charge in [0.1, 0.15) is 0 Å². The number of ether oxygens (including phenoxy) is 1. The highest BCUT2D eigenvalue weighted by molar-refractivity contribution is 7.84. The highest BCUT2D eigenvalue weighted by Gasteiger charge is 2.19. The number of rotatable bonds is 8. The van der Waals surface area contributed by atoms with E-state index in [2.05, 4.69) is 5.32 Å². The summed E-state index contributed by atoms with van der Waals surface area (Å²) >= 11 is 0. The van der Waals surface area contributed by atoms with Crippen LogP contribution in [0.4, 0.5) is 0 Å². The number of esters is 1. The van der Waals surface area contributed by atoms with Gasteiger partial charge >= 0.3 is 5.97 Å². The van der Waals surface area contributed by atoms with Gasteiger partial charge in [-0.2, -0.15) is 0 Å². The second-order valence-electron chi connectivity index (χ2n) is 6.75. The summed E-state index contributed by atoms with van der Waals surface area (Å²) in [6, 6.07) is 25.8. The van der Waals surface area contributed by atoms with Crippen molar-refractivity contribution in [2.45, 2.75) is 17.4 Å². The van der Waals surface area contributed by atoms with E-state index in [1.807, 2.05) is 60.7 Å². The van der Waals surface area contributed by atoms with E-state index in [9.17, 15) is 13.8 Å². The number of nitrogens with one attached hydrogen (secondary N) is 1. The Kier molecular flexibility index (Phi) is 7.51. The molecule has 0 aliphatic heterocycles. The number of hydrogen-bond acceptors (Lipinski definition) is 4. The van der Waals surface area contributed by atoms with Crippen LogP contribution < -0.4 is 5.32 Å². The van der Waals surface area contributed by atoms with Crippen molar-refractivity contribution < 1.29 is 18.5 Å². The molecule has 3 aromatic rings. The Labute approximate surface area is 178 Å². The van der Waals surface area contributed by atoms with Crippen LogP contribution in [-0.4, -0.2) is 28.9 Å². The zero-order valence-electron chi connectivity index (χ0n) is 16.6. The molecule has 3 aromatic carbocycles. The van der Waals surface area contributed by atoms with Crippen LogP contribution in [0.2, 0.25) is 0 Å². The lowest BCUT2D eigenvalue weighted by atomic mass is 9.99. The summed E-state index contributed by atoms with van der Waals surface area (Å²) in [5.41, 5.74) is 2.26. The molecule has 5 nitrogen and oxygen atoms in total. The maximum absolute atomic E-state index is 12.5. The van der Waals surface area contributed by atoms with Crippen LogP contribution >= 0.6 is 0 Å². The Morgan fingerprint density at radius 2 is 1.50 bits per heavy atom. The summed E-state index contributed by atoms with van der Waals surface area (Å²) in [6.45, 7) is -0.415. The van der Waals surface area contributed by atoms with Crippen LogP contribution in [0.1, 0.15) is 27.5 Å². The summed E-state index contributed by atoms with van der Waals surface area (Å²) in [7, 11) is -1.33. The summed E-state index contributed by atoms with van der Waals surface area (Å²) in [6.07, 6.45) is 2.11. The quantitative estimate of drug-likeness (QED) is 0.563. The van der Waals surface area contributed by atoms with Gasteiger partial charge in [0, 0.05) is 6.26 Å². The van der Waals surface area contributed by atoms with Crippen LogP contribution in [0.5, 0.6) is 0 Å². The van der Waals surface area contributed by atoms with Crippen LogP contribution in [0, 0.1) is 0 Å². The third-order valence-corrected chi connectivity index (χ3v) is 5.55. The molecule has 0 radical (unpaired) electrons. The molecule has 3 rings (SSSR count). The van der Waals surface area contributed by atoms with Gasteiger partial charge in [0.15, 0.2) is 6.61 Å². The van der Waals surface area contributed by atoms with Crippen LogP contribution in [0.15, 0.2) is 89.8 Å². The van der Waals surface area contributed by atoms with Crippen LogP contribution in [0.3, 0.4) is 0 Å². The van der Waals surface area contributed by atoms with Gasteiger partial charge in [-0.3, -0.25) is 9.00 Å². The molecule has 0 aliphatic carbocycles. The highest BCUT2D eigenvalue weighted by Crippen LogP contribution is 2.18. The molecule has 0 aliphatic rings. The first kappa shape index (κ1) is 21.5. The Balaban J connectivity index is 1.66. The third-order valence-electron chi connectivity index (χ3n) is 4.57. The summed E-state index contributed by atoms with van der Waals surface area (Å²) < 4.78 is 17.0. The first-order valence-corrected chi connectivity index (χ1v) is 11.1. The predicted octanol–water partition coefficient (Wildman–Crippen LogP) is 3.68. The Morgan fingerprint density at radius 1 is 0.900 bits per heavy atom. The van der Waals surface area contributed by atoms with Crippen molar-refractivity contribution in [1.29, 1.82) is 0 Å². The van der Waals surface area contributed by atoms with Gasteiger partial charge in [0.05, 0.1) is 27.3 Å². The van der Waals surface area contributed by atoms with Crippen molar-refractivity contribution in [2.75, 3.05) is 12.9 Å². The fourth-order valence-corrected chi connectivity index (χ4v) is 3.85. The minimum Gasteiger partial charge on any atom is -0.452 e. The van der Waals surface area contributed by atoms with E-state index in [4.69, 9.17) is 4.74 Å². The van der Waals surface area contributed by atoms with E-state index < -0.39 is 29.3 Å². The van der Waals surface area contributed by atoms with E-state index in [-0.39, 0.29) is 11.6 Å². The van der Waals surface area contributed by atoms with Crippen molar-refractivity contribution in [3.63, 3.8) is 0 Å². The molecule has 0 bridgehead atoms. The van der Waals surface area contributed by atoms with Crippen molar-refractivity contribution in [3.05, 3.63) is 102 Å². The number of carbonyl (C=O) groups excluding carboxylic acids is 2. The molecule has 1 amide bonds. The molecule has 0 saturated heterocycles. The van der Waals surface area contributed by atoms with Crippen molar-refractivity contribution in [2.24, 2.45) is 0 Å². The summed E-state index contributed by atoms with van der Waals surface area (Å²) in [5.74, 6) is -1.07. The molecule has 0 heterocycles. The molecule has 0 aromatic heterocycles. The number of carbonyl (C=O) groups is 2. The highest BCUT2D eigenvalue weighted by atomic mass is 32.2. The second-order valence-corrected chi connectivity index (χ2v) is 8.09. The van der Waals surface area contributed by atoms with Gasteiger partial charge in [0.2, 0.25) is 0 Å². The molecule has 0 spiro atoms.